The topological polar surface area (TPSA) is 77.8 Å². The van der Waals surface area contributed by atoms with E-state index in [0.717, 1.165) is 48.8 Å². The first-order valence-electron chi connectivity index (χ1n) is 10.1. The second kappa shape index (κ2) is 9.71. The van der Waals surface area contributed by atoms with Crippen molar-refractivity contribution < 1.29 is 14.0 Å². The van der Waals surface area contributed by atoms with Gasteiger partial charge >= 0.3 is 0 Å². The van der Waals surface area contributed by atoms with Gasteiger partial charge in [-0.3, -0.25) is 19.4 Å². The molecular weight excluding hydrogens is 368 g/mol. The molecule has 3 rings (SSSR count). The molecule has 1 atom stereocenters. The zero-order valence-corrected chi connectivity index (χ0v) is 17.4. The van der Waals surface area contributed by atoms with Crippen LogP contribution in [0.2, 0.25) is 0 Å². The Morgan fingerprint density at radius 3 is 2.28 bits per heavy atom. The number of nitrogens with zero attached hydrogens (tertiary/aromatic N) is 2. The van der Waals surface area contributed by atoms with Gasteiger partial charge in [0.25, 0.3) is 0 Å². The van der Waals surface area contributed by atoms with Crippen LogP contribution in [0.15, 0.2) is 41.0 Å². The number of carbonyl (C=O) groups is 2. The van der Waals surface area contributed by atoms with E-state index in [4.69, 9.17) is 4.42 Å². The second-order valence-corrected chi connectivity index (χ2v) is 7.65. The molecule has 2 heterocycles. The monoisotopic (exact) mass is 398 g/mol. The Hall–Kier alpha value is -2.64. The summed E-state index contributed by atoms with van der Waals surface area (Å²) < 4.78 is 5.32. The predicted molar refractivity (Wildman–Crippen MR) is 113 cm³/mol. The summed E-state index contributed by atoms with van der Waals surface area (Å²) >= 11 is 0. The molecule has 7 nitrogen and oxygen atoms in total. The Bertz CT molecular complexity index is 827. The minimum absolute atomic E-state index is 0.00262. The molecule has 7 heteroatoms. The van der Waals surface area contributed by atoms with Crippen molar-refractivity contribution >= 4 is 17.5 Å². The van der Waals surface area contributed by atoms with Crippen molar-refractivity contribution in [3.05, 3.63) is 53.5 Å². The summed E-state index contributed by atoms with van der Waals surface area (Å²) in [6.45, 7) is 9.73. The number of nitrogens with one attached hydrogen (secondary N) is 2. The number of rotatable bonds is 7. The van der Waals surface area contributed by atoms with Crippen LogP contribution in [0.5, 0.6) is 0 Å². The number of amides is 2. The summed E-state index contributed by atoms with van der Waals surface area (Å²) in [5, 5.41) is 5.97. The molecule has 29 heavy (non-hydrogen) atoms. The SMILES string of the molecule is Cc1cccc(NC(=O)CN2CCN(CC(=O)N[C@@H](C)c3ccco3)CC2)c1C. The van der Waals surface area contributed by atoms with Gasteiger partial charge in [-0.1, -0.05) is 12.1 Å². The first-order chi connectivity index (χ1) is 13.9. The fourth-order valence-electron chi connectivity index (χ4n) is 3.48. The maximum absolute atomic E-state index is 12.4. The quantitative estimate of drug-likeness (QED) is 0.749. The third kappa shape index (κ3) is 5.92. The van der Waals surface area contributed by atoms with Crippen LogP contribution in [0.1, 0.15) is 29.9 Å². The number of aryl methyl sites for hydroxylation is 1. The highest BCUT2D eigenvalue weighted by Crippen LogP contribution is 2.18. The molecule has 1 fully saturated rings. The Balaban J connectivity index is 1.39. The van der Waals surface area contributed by atoms with E-state index in [2.05, 4.69) is 20.4 Å². The Morgan fingerprint density at radius 1 is 1.00 bits per heavy atom. The number of hydrogen-bond donors (Lipinski definition) is 2. The van der Waals surface area contributed by atoms with E-state index in [9.17, 15) is 9.59 Å². The van der Waals surface area contributed by atoms with Crippen molar-refractivity contribution in [3.8, 4) is 0 Å². The highest BCUT2D eigenvalue weighted by Gasteiger charge is 2.22. The van der Waals surface area contributed by atoms with Crippen LogP contribution in [0.4, 0.5) is 5.69 Å². The highest BCUT2D eigenvalue weighted by atomic mass is 16.3. The number of piperazine rings is 1. The van der Waals surface area contributed by atoms with Gasteiger partial charge in [-0.15, -0.1) is 0 Å². The third-order valence-corrected chi connectivity index (χ3v) is 5.43. The van der Waals surface area contributed by atoms with Crippen LogP contribution in [0.25, 0.3) is 0 Å². The standard InChI is InChI=1S/C22H30N4O3/c1-16-6-4-7-19(17(16)2)24-22(28)15-26-11-9-25(10-12-26)14-21(27)23-18(3)20-8-5-13-29-20/h4-8,13,18H,9-12,14-15H2,1-3H3,(H,23,27)(H,24,28)/t18-/m0/s1. The summed E-state index contributed by atoms with van der Waals surface area (Å²) in [6, 6.07) is 9.44. The molecule has 2 aromatic rings. The van der Waals surface area contributed by atoms with Gasteiger partial charge in [0.15, 0.2) is 0 Å². The maximum Gasteiger partial charge on any atom is 0.238 e. The van der Waals surface area contributed by atoms with E-state index in [0.29, 0.717) is 13.1 Å². The van der Waals surface area contributed by atoms with Crippen LogP contribution >= 0.6 is 0 Å². The smallest absolute Gasteiger partial charge is 0.238 e. The molecule has 0 aliphatic carbocycles. The minimum atomic E-state index is -0.146. The molecule has 2 N–H and O–H groups in total. The molecule has 0 saturated carbocycles. The number of benzene rings is 1. The average Bonchev–Trinajstić information content (AvgIpc) is 3.22. The van der Waals surface area contributed by atoms with E-state index in [-0.39, 0.29) is 17.9 Å². The van der Waals surface area contributed by atoms with Gasteiger partial charge in [-0.05, 0) is 50.1 Å². The van der Waals surface area contributed by atoms with Crippen molar-refractivity contribution in [2.45, 2.75) is 26.8 Å². The van der Waals surface area contributed by atoms with Crippen LogP contribution in [0, 0.1) is 13.8 Å². The number of carbonyl (C=O) groups excluding carboxylic acids is 2. The summed E-state index contributed by atoms with van der Waals surface area (Å²) in [7, 11) is 0. The first kappa shape index (κ1) is 21.1. The van der Waals surface area contributed by atoms with Crippen molar-refractivity contribution in [2.24, 2.45) is 0 Å². The number of hydrogen-bond acceptors (Lipinski definition) is 5. The average molecular weight is 399 g/mol. The van der Waals surface area contributed by atoms with E-state index < -0.39 is 0 Å². The largest absolute Gasteiger partial charge is 0.467 e. The normalized spacial score (nSPS) is 16.4. The summed E-state index contributed by atoms with van der Waals surface area (Å²) in [5.74, 6) is 0.727. The number of furan rings is 1. The Labute approximate surface area is 172 Å². The van der Waals surface area contributed by atoms with Gasteiger partial charge in [-0.25, -0.2) is 0 Å². The van der Waals surface area contributed by atoms with E-state index >= 15 is 0 Å². The zero-order valence-electron chi connectivity index (χ0n) is 17.4. The van der Waals surface area contributed by atoms with Crippen molar-refractivity contribution in [1.82, 2.24) is 15.1 Å². The van der Waals surface area contributed by atoms with Crippen LogP contribution < -0.4 is 10.6 Å². The van der Waals surface area contributed by atoms with Crippen molar-refractivity contribution in [3.63, 3.8) is 0 Å². The van der Waals surface area contributed by atoms with Gasteiger partial charge in [0.2, 0.25) is 11.8 Å². The molecule has 0 unspecified atom stereocenters. The highest BCUT2D eigenvalue weighted by molar-refractivity contribution is 5.93. The molecule has 1 aromatic carbocycles. The van der Waals surface area contributed by atoms with E-state index in [1.807, 2.05) is 51.1 Å². The lowest BCUT2D eigenvalue weighted by molar-refractivity contribution is -0.124. The molecule has 156 valence electrons. The molecule has 1 aliphatic rings. The molecule has 0 spiro atoms. The Kier molecular flexibility index (Phi) is 7.06. The van der Waals surface area contributed by atoms with E-state index in [1.165, 1.54) is 0 Å². The fourth-order valence-corrected chi connectivity index (χ4v) is 3.48. The molecule has 0 radical (unpaired) electrons. The van der Waals surface area contributed by atoms with Crippen molar-refractivity contribution in [1.29, 1.82) is 0 Å². The van der Waals surface area contributed by atoms with Crippen molar-refractivity contribution in [2.75, 3.05) is 44.6 Å². The molecule has 1 saturated heterocycles. The first-order valence-corrected chi connectivity index (χ1v) is 10.1. The number of anilines is 1. The summed E-state index contributed by atoms with van der Waals surface area (Å²) in [4.78, 5) is 28.9. The van der Waals surface area contributed by atoms with Gasteiger partial charge < -0.3 is 15.1 Å². The van der Waals surface area contributed by atoms with E-state index in [1.54, 1.807) is 6.26 Å². The van der Waals surface area contributed by atoms with Gasteiger partial charge in [0, 0.05) is 31.9 Å². The predicted octanol–water partition coefficient (Wildman–Crippen LogP) is 2.33. The molecular formula is C22H30N4O3. The van der Waals surface area contributed by atoms with Crippen LogP contribution in [-0.4, -0.2) is 60.9 Å². The lowest BCUT2D eigenvalue weighted by Gasteiger charge is -2.34. The molecule has 2 amide bonds. The summed E-state index contributed by atoms with van der Waals surface area (Å²) in [5.41, 5.74) is 3.13. The zero-order chi connectivity index (χ0) is 20.8. The molecule has 1 aromatic heterocycles. The fraction of sp³-hybridized carbons (Fsp3) is 0.455. The Morgan fingerprint density at radius 2 is 1.66 bits per heavy atom. The van der Waals surface area contributed by atoms with Gasteiger partial charge in [-0.2, -0.15) is 0 Å². The maximum atomic E-state index is 12.4. The molecule has 1 aliphatic heterocycles. The lowest BCUT2D eigenvalue weighted by atomic mass is 10.1. The second-order valence-electron chi connectivity index (χ2n) is 7.65. The van der Waals surface area contributed by atoms with Crippen LogP contribution in [0.3, 0.4) is 0 Å². The van der Waals surface area contributed by atoms with Crippen LogP contribution in [-0.2, 0) is 9.59 Å². The van der Waals surface area contributed by atoms with Gasteiger partial charge in [0.05, 0.1) is 25.4 Å². The molecule has 0 bridgehead atoms. The van der Waals surface area contributed by atoms with Gasteiger partial charge in [0.1, 0.15) is 5.76 Å². The lowest BCUT2D eigenvalue weighted by Crippen LogP contribution is -2.51. The third-order valence-electron chi connectivity index (χ3n) is 5.43. The minimum Gasteiger partial charge on any atom is -0.467 e. The summed E-state index contributed by atoms with van der Waals surface area (Å²) in [6.07, 6.45) is 1.60.